The quantitative estimate of drug-likeness (QED) is 0.831. The average molecular weight is 349 g/mol. The number of nitrogens with zero attached hydrogens (tertiary/aromatic N) is 1. The van der Waals surface area contributed by atoms with E-state index in [4.69, 9.17) is 0 Å². The molecule has 0 amide bonds. The maximum absolute atomic E-state index is 13.0. The van der Waals surface area contributed by atoms with Gasteiger partial charge in [0.25, 0.3) is 5.56 Å². The molecule has 4 nitrogen and oxygen atoms in total. The van der Waals surface area contributed by atoms with Crippen molar-refractivity contribution >= 4 is 15.9 Å². The van der Waals surface area contributed by atoms with Gasteiger partial charge in [-0.05, 0) is 25.1 Å². The van der Waals surface area contributed by atoms with E-state index in [1.165, 1.54) is 19.1 Å². The van der Waals surface area contributed by atoms with Gasteiger partial charge in [0.15, 0.2) is 0 Å². The van der Waals surface area contributed by atoms with Crippen LogP contribution in [0.3, 0.4) is 0 Å². The van der Waals surface area contributed by atoms with Gasteiger partial charge in [-0.15, -0.1) is 0 Å². The molecule has 2 aromatic rings. The van der Waals surface area contributed by atoms with Crippen LogP contribution in [0.2, 0.25) is 0 Å². The van der Waals surface area contributed by atoms with E-state index in [2.05, 4.69) is 25.9 Å². The number of aromatic nitrogens is 2. The van der Waals surface area contributed by atoms with Gasteiger partial charge in [0.2, 0.25) is 5.88 Å². The number of alkyl halides is 3. The van der Waals surface area contributed by atoms with Crippen LogP contribution in [0.15, 0.2) is 27.5 Å². The summed E-state index contributed by atoms with van der Waals surface area (Å²) in [6.45, 7) is 1.32. The third-order valence-corrected chi connectivity index (χ3v) is 3.16. The van der Waals surface area contributed by atoms with Crippen molar-refractivity contribution in [1.29, 1.82) is 0 Å². The van der Waals surface area contributed by atoms with Crippen LogP contribution in [0.1, 0.15) is 11.1 Å². The van der Waals surface area contributed by atoms with Gasteiger partial charge in [-0.3, -0.25) is 4.79 Å². The number of H-pyrrole nitrogens is 1. The van der Waals surface area contributed by atoms with Crippen molar-refractivity contribution in [2.45, 2.75) is 13.1 Å². The van der Waals surface area contributed by atoms with E-state index < -0.39 is 23.2 Å². The maximum atomic E-state index is 13.0. The largest absolute Gasteiger partial charge is 0.493 e. The molecule has 0 saturated heterocycles. The van der Waals surface area contributed by atoms with Crippen molar-refractivity contribution in [2.75, 3.05) is 0 Å². The van der Waals surface area contributed by atoms with Gasteiger partial charge >= 0.3 is 6.18 Å². The van der Waals surface area contributed by atoms with Gasteiger partial charge in [0.1, 0.15) is 5.82 Å². The third-order valence-electron chi connectivity index (χ3n) is 2.67. The number of hydrogen-bond acceptors (Lipinski definition) is 3. The summed E-state index contributed by atoms with van der Waals surface area (Å²) in [6.07, 6.45) is -4.61. The molecule has 2 N–H and O–H groups in total. The first-order valence-corrected chi connectivity index (χ1v) is 6.16. The highest BCUT2D eigenvalue weighted by Gasteiger charge is 2.34. The van der Waals surface area contributed by atoms with Crippen LogP contribution in [0.5, 0.6) is 5.88 Å². The monoisotopic (exact) mass is 348 g/mol. The smallest absolute Gasteiger partial charge is 0.417 e. The van der Waals surface area contributed by atoms with Crippen LogP contribution < -0.4 is 5.56 Å². The number of nitrogens with one attached hydrogen (secondary N) is 1. The molecular weight excluding hydrogens is 341 g/mol. The molecule has 0 aliphatic heterocycles. The molecule has 0 unspecified atom stereocenters. The fourth-order valence-corrected chi connectivity index (χ4v) is 1.97. The van der Waals surface area contributed by atoms with Gasteiger partial charge < -0.3 is 10.1 Å². The Hall–Kier alpha value is -1.83. The minimum atomic E-state index is -4.61. The molecule has 0 aliphatic rings. The summed E-state index contributed by atoms with van der Waals surface area (Å²) >= 11 is 2.96. The standard InChI is InChI=1S/C12H8BrF3N2O2/c1-5-10(19)17-9(18-11(5)20)7-3-2-6(13)4-8(7)12(14,15)16/h2-4H,1H3,(H2,17,18,19,20). The van der Waals surface area contributed by atoms with E-state index in [1.807, 2.05) is 0 Å². The second-order valence-corrected chi connectivity index (χ2v) is 4.97. The van der Waals surface area contributed by atoms with Crippen LogP contribution in [0, 0.1) is 6.92 Å². The fourth-order valence-electron chi connectivity index (χ4n) is 1.61. The number of halogens is 4. The molecule has 0 fully saturated rings. The predicted molar refractivity (Wildman–Crippen MR) is 69.4 cm³/mol. The molecule has 106 valence electrons. The van der Waals surface area contributed by atoms with E-state index in [9.17, 15) is 23.1 Å². The Kier molecular flexibility index (Phi) is 3.59. The lowest BCUT2D eigenvalue weighted by molar-refractivity contribution is -0.137. The summed E-state index contributed by atoms with van der Waals surface area (Å²) in [4.78, 5) is 17.3. The molecule has 0 bridgehead atoms. The third kappa shape index (κ3) is 2.69. The molecular formula is C12H8BrF3N2O2. The van der Waals surface area contributed by atoms with Crippen molar-refractivity contribution in [1.82, 2.24) is 9.97 Å². The normalized spacial score (nSPS) is 11.7. The highest BCUT2D eigenvalue weighted by atomic mass is 79.9. The van der Waals surface area contributed by atoms with E-state index in [1.54, 1.807) is 0 Å². The molecule has 0 radical (unpaired) electrons. The SMILES string of the molecule is Cc1c(O)nc(-c2ccc(Br)cc2C(F)(F)F)[nH]c1=O. The molecule has 1 aromatic carbocycles. The Morgan fingerprint density at radius 2 is 2.00 bits per heavy atom. The van der Waals surface area contributed by atoms with E-state index in [-0.39, 0.29) is 21.4 Å². The molecule has 1 heterocycles. The number of benzene rings is 1. The highest BCUT2D eigenvalue weighted by Crippen LogP contribution is 2.37. The zero-order chi connectivity index (χ0) is 15.1. The molecule has 2 rings (SSSR count). The van der Waals surface area contributed by atoms with Crippen LogP contribution in [0.4, 0.5) is 13.2 Å². The minimum Gasteiger partial charge on any atom is -0.493 e. The number of aromatic amines is 1. The first-order valence-electron chi connectivity index (χ1n) is 5.37. The van der Waals surface area contributed by atoms with E-state index >= 15 is 0 Å². The topological polar surface area (TPSA) is 66.0 Å². The first-order chi connectivity index (χ1) is 9.20. The number of hydrogen-bond donors (Lipinski definition) is 2. The Balaban J connectivity index is 2.74. The summed E-state index contributed by atoms with van der Waals surface area (Å²) in [7, 11) is 0. The van der Waals surface area contributed by atoms with Gasteiger partial charge in [0.05, 0.1) is 11.1 Å². The lowest BCUT2D eigenvalue weighted by Gasteiger charge is -2.13. The van der Waals surface area contributed by atoms with Crippen LogP contribution in [0.25, 0.3) is 11.4 Å². The maximum Gasteiger partial charge on any atom is 0.417 e. The van der Waals surface area contributed by atoms with Gasteiger partial charge in [-0.1, -0.05) is 15.9 Å². The van der Waals surface area contributed by atoms with E-state index in [0.717, 1.165) is 6.07 Å². The Labute approximate surface area is 119 Å². The molecule has 20 heavy (non-hydrogen) atoms. The Morgan fingerprint density at radius 3 is 2.55 bits per heavy atom. The van der Waals surface area contributed by atoms with Crippen LogP contribution >= 0.6 is 15.9 Å². The molecule has 0 aliphatic carbocycles. The van der Waals surface area contributed by atoms with Crippen molar-refractivity contribution < 1.29 is 18.3 Å². The summed E-state index contributed by atoms with van der Waals surface area (Å²) in [5, 5.41) is 9.47. The number of aromatic hydroxyl groups is 1. The second-order valence-electron chi connectivity index (χ2n) is 4.05. The molecule has 0 saturated carbocycles. The summed E-state index contributed by atoms with van der Waals surface area (Å²) in [5.74, 6) is -0.933. The van der Waals surface area contributed by atoms with Gasteiger partial charge in [0, 0.05) is 10.0 Å². The minimum absolute atomic E-state index is 0.0561. The Morgan fingerprint density at radius 1 is 1.35 bits per heavy atom. The van der Waals surface area contributed by atoms with Gasteiger partial charge in [-0.25, -0.2) is 0 Å². The first kappa shape index (κ1) is 14.6. The zero-order valence-electron chi connectivity index (χ0n) is 10.0. The number of rotatable bonds is 1. The molecule has 0 atom stereocenters. The van der Waals surface area contributed by atoms with Crippen molar-refractivity contribution in [3.8, 4) is 17.3 Å². The van der Waals surface area contributed by atoms with Crippen molar-refractivity contribution in [2.24, 2.45) is 0 Å². The van der Waals surface area contributed by atoms with Gasteiger partial charge in [-0.2, -0.15) is 18.2 Å². The molecule has 0 spiro atoms. The van der Waals surface area contributed by atoms with Crippen LogP contribution in [-0.2, 0) is 6.18 Å². The Bertz CT molecular complexity index is 726. The van der Waals surface area contributed by atoms with Crippen LogP contribution in [-0.4, -0.2) is 15.1 Å². The lowest BCUT2D eigenvalue weighted by atomic mass is 10.1. The highest BCUT2D eigenvalue weighted by molar-refractivity contribution is 9.10. The average Bonchev–Trinajstić information content (AvgIpc) is 2.34. The predicted octanol–water partition coefficient (Wildman–Crippen LogP) is 3.23. The molecule has 1 aromatic heterocycles. The summed E-state index contributed by atoms with van der Waals surface area (Å²) < 4.78 is 39.2. The fraction of sp³-hybridized carbons (Fsp3) is 0.167. The molecule has 8 heteroatoms. The summed E-state index contributed by atoms with van der Waals surface area (Å²) in [6, 6.07) is 3.44. The zero-order valence-corrected chi connectivity index (χ0v) is 11.6. The second kappa shape index (κ2) is 4.93. The lowest BCUT2D eigenvalue weighted by Crippen LogP contribution is -2.14. The summed E-state index contributed by atoms with van der Waals surface area (Å²) in [5.41, 5.74) is -2.02. The van der Waals surface area contributed by atoms with Crippen molar-refractivity contribution in [3.05, 3.63) is 44.2 Å². The van der Waals surface area contributed by atoms with Crippen molar-refractivity contribution in [3.63, 3.8) is 0 Å². The van der Waals surface area contributed by atoms with E-state index in [0.29, 0.717) is 0 Å².